The summed E-state index contributed by atoms with van der Waals surface area (Å²) in [4.78, 5) is 2.44. The molecule has 0 amide bonds. The molecule has 106 valence electrons. The van der Waals surface area contributed by atoms with Crippen molar-refractivity contribution in [3.63, 3.8) is 0 Å². The Morgan fingerprint density at radius 2 is 1.84 bits per heavy atom. The van der Waals surface area contributed by atoms with Crippen molar-refractivity contribution in [1.29, 1.82) is 0 Å². The maximum absolute atomic E-state index is 5.39. The lowest BCUT2D eigenvalue weighted by atomic mass is 10.1. The molecule has 0 radical (unpaired) electrons. The fourth-order valence-corrected chi connectivity index (χ4v) is 2.59. The Labute approximate surface area is 115 Å². The van der Waals surface area contributed by atoms with Crippen LogP contribution in [0.3, 0.4) is 0 Å². The van der Waals surface area contributed by atoms with Gasteiger partial charge < -0.3 is 19.7 Å². The van der Waals surface area contributed by atoms with E-state index in [-0.39, 0.29) is 0 Å². The predicted molar refractivity (Wildman–Crippen MR) is 78.4 cm³/mol. The van der Waals surface area contributed by atoms with E-state index in [4.69, 9.17) is 9.47 Å². The molecule has 2 unspecified atom stereocenters. The average molecular weight is 264 g/mol. The lowest BCUT2D eigenvalue weighted by molar-refractivity contribution is 0.355. The fourth-order valence-electron chi connectivity index (χ4n) is 2.59. The van der Waals surface area contributed by atoms with Gasteiger partial charge in [0.15, 0.2) is 11.5 Å². The first-order valence-corrected chi connectivity index (χ1v) is 6.85. The molecule has 2 rings (SSSR count). The Kier molecular flexibility index (Phi) is 4.53. The van der Waals surface area contributed by atoms with Crippen LogP contribution in [0.5, 0.6) is 11.5 Å². The SMILES string of the molecule is COc1ccc(N2CC(C)CNCC2C)cc1OC. The van der Waals surface area contributed by atoms with Crippen LogP contribution in [0, 0.1) is 5.92 Å². The number of anilines is 1. The summed E-state index contributed by atoms with van der Waals surface area (Å²) in [6.45, 7) is 7.68. The van der Waals surface area contributed by atoms with Crippen molar-refractivity contribution >= 4 is 5.69 Å². The van der Waals surface area contributed by atoms with Crippen molar-refractivity contribution in [1.82, 2.24) is 5.32 Å². The molecule has 0 saturated carbocycles. The van der Waals surface area contributed by atoms with E-state index in [1.165, 1.54) is 5.69 Å². The van der Waals surface area contributed by atoms with Gasteiger partial charge in [-0.1, -0.05) is 6.92 Å². The second-order valence-electron chi connectivity index (χ2n) is 5.30. The van der Waals surface area contributed by atoms with Crippen molar-refractivity contribution < 1.29 is 9.47 Å². The Balaban J connectivity index is 2.28. The highest BCUT2D eigenvalue weighted by Gasteiger charge is 2.21. The van der Waals surface area contributed by atoms with Crippen LogP contribution in [0.4, 0.5) is 5.69 Å². The molecule has 0 aliphatic carbocycles. The fraction of sp³-hybridized carbons (Fsp3) is 0.600. The van der Waals surface area contributed by atoms with Gasteiger partial charge in [-0.05, 0) is 31.5 Å². The second kappa shape index (κ2) is 6.15. The summed E-state index contributed by atoms with van der Waals surface area (Å²) < 4.78 is 10.7. The first-order chi connectivity index (χ1) is 9.15. The summed E-state index contributed by atoms with van der Waals surface area (Å²) in [5.74, 6) is 2.20. The Morgan fingerprint density at radius 1 is 1.11 bits per heavy atom. The quantitative estimate of drug-likeness (QED) is 0.907. The lowest BCUT2D eigenvalue weighted by Crippen LogP contribution is -2.37. The van der Waals surface area contributed by atoms with Crippen molar-refractivity contribution in [3.8, 4) is 11.5 Å². The minimum absolute atomic E-state index is 0.475. The summed E-state index contributed by atoms with van der Waals surface area (Å²) in [5, 5.41) is 3.50. The van der Waals surface area contributed by atoms with Gasteiger partial charge in [0.05, 0.1) is 14.2 Å². The first-order valence-electron chi connectivity index (χ1n) is 6.85. The second-order valence-corrected chi connectivity index (χ2v) is 5.30. The van der Waals surface area contributed by atoms with Gasteiger partial charge in [-0.25, -0.2) is 0 Å². The molecule has 1 aromatic carbocycles. The van der Waals surface area contributed by atoms with E-state index in [0.29, 0.717) is 12.0 Å². The molecule has 1 aliphatic rings. The number of hydrogen-bond acceptors (Lipinski definition) is 4. The minimum atomic E-state index is 0.475. The van der Waals surface area contributed by atoms with Gasteiger partial charge in [-0.2, -0.15) is 0 Å². The molecule has 1 aliphatic heterocycles. The lowest BCUT2D eigenvalue weighted by Gasteiger charge is -2.31. The predicted octanol–water partition coefficient (Wildman–Crippen LogP) is 2.14. The zero-order valence-electron chi connectivity index (χ0n) is 12.3. The van der Waals surface area contributed by atoms with Crippen LogP contribution in [0.2, 0.25) is 0 Å². The third-order valence-electron chi connectivity index (χ3n) is 3.67. The van der Waals surface area contributed by atoms with Crippen LogP contribution >= 0.6 is 0 Å². The Bertz CT molecular complexity index is 423. The molecule has 0 bridgehead atoms. The smallest absolute Gasteiger partial charge is 0.162 e. The summed E-state index contributed by atoms with van der Waals surface area (Å²) in [6, 6.07) is 6.62. The molecular formula is C15H24N2O2. The average Bonchev–Trinajstić information content (AvgIpc) is 2.59. The van der Waals surface area contributed by atoms with Gasteiger partial charge in [0, 0.05) is 30.9 Å². The summed E-state index contributed by atoms with van der Waals surface area (Å²) in [5.41, 5.74) is 1.20. The maximum atomic E-state index is 5.39. The largest absolute Gasteiger partial charge is 0.493 e. The van der Waals surface area contributed by atoms with Gasteiger partial charge >= 0.3 is 0 Å². The molecule has 19 heavy (non-hydrogen) atoms. The summed E-state index contributed by atoms with van der Waals surface area (Å²) in [6.07, 6.45) is 0. The molecular weight excluding hydrogens is 240 g/mol. The molecule has 1 saturated heterocycles. The van der Waals surface area contributed by atoms with Gasteiger partial charge in [-0.3, -0.25) is 0 Å². The Hall–Kier alpha value is -1.42. The van der Waals surface area contributed by atoms with E-state index in [1.807, 2.05) is 6.07 Å². The van der Waals surface area contributed by atoms with Crippen LogP contribution in [0.25, 0.3) is 0 Å². The molecule has 0 spiro atoms. The Morgan fingerprint density at radius 3 is 2.53 bits per heavy atom. The van der Waals surface area contributed by atoms with Crippen LogP contribution in [-0.4, -0.2) is 39.9 Å². The monoisotopic (exact) mass is 264 g/mol. The number of hydrogen-bond donors (Lipinski definition) is 1. The van der Waals surface area contributed by atoms with Gasteiger partial charge in [0.1, 0.15) is 0 Å². The van der Waals surface area contributed by atoms with Crippen LogP contribution in [0.1, 0.15) is 13.8 Å². The maximum Gasteiger partial charge on any atom is 0.162 e. The number of nitrogens with zero attached hydrogens (tertiary/aromatic N) is 1. The molecule has 1 heterocycles. The summed E-state index contributed by atoms with van der Waals surface area (Å²) >= 11 is 0. The van der Waals surface area contributed by atoms with Crippen molar-refractivity contribution in [2.24, 2.45) is 5.92 Å². The molecule has 1 fully saturated rings. The standard InChI is InChI=1S/C15H24N2O2/c1-11-8-16-9-12(2)17(10-11)13-5-6-14(18-3)15(7-13)19-4/h5-7,11-12,16H,8-10H2,1-4H3. The van der Waals surface area contributed by atoms with Crippen LogP contribution < -0.4 is 19.7 Å². The molecule has 1 aromatic rings. The van der Waals surface area contributed by atoms with Crippen molar-refractivity contribution in [2.45, 2.75) is 19.9 Å². The topological polar surface area (TPSA) is 33.7 Å². The normalized spacial score (nSPS) is 23.9. The third-order valence-corrected chi connectivity index (χ3v) is 3.67. The zero-order chi connectivity index (χ0) is 13.8. The number of methoxy groups -OCH3 is 2. The number of ether oxygens (including phenoxy) is 2. The minimum Gasteiger partial charge on any atom is -0.493 e. The molecule has 4 heteroatoms. The molecule has 2 atom stereocenters. The van der Waals surface area contributed by atoms with E-state index in [1.54, 1.807) is 14.2 Å². The van der Waals surface area contributed by atoms with Crippen LogP contribution in [-0.2, 0) is 0 Å². The number of rotatable bonds is 3. The van der Waals surface area contributed by atoms with Gasteiger partial charge in [0.2, 0.25) is 0 Å². The van der Waals surface area contributed by atoms with E-state index >= 15 is 0 Å². The third kappa shape index (κ3) is 3.13. The van der Waals surface area contributed by atoms with E-state index in [0.717, 1.165) is 31.1 Å². The number of nitrogens with one attached hydrogen (secondary N) is 1. The van der Waals surface area contributed by atoms with Gasteiger partial charge in [0.25, 0.3) is 0 Å². The number of benzene rings is 1. The van der Waals surface area contributed by atoms with Crippen LogP contribution in [0.15, 0.2) is 18.2 Å². The van der Waals surface area contributed by atoms with E-state index in [9.17, 15) is 0 Å². The van der Waals surface area contributed by atoms with Gasteiger partial charge in [-0.15, -0.1) is 0 Å². The highest BCUT2D eigenvalue weighted by Crippen LogP contribution is 2.32. The summed E-state index contributed by atoms with van der Waals surface area (Å²) in [7, 11) is 3.34. The zero-order valence-corrected chi connectivity index (χ0v) is 12.3. The molecule has 1 N–H and O–H groups in total. The first kappa shape index (κ1) is 14.0. The molecule has 4 nitrogen and oxygen atoms in total. The highest BCUT2D eigenvalue weighted by molar-refractivity contribution is 5.57. The molecule has 0 aromatic heterocycles. The van der Waals surface area contributed by atoms with E-state index < -0.39 is 0 Å². The van der Waals surface area contributed by atoms with Crippen molar-refractivity contribution in [3.05, 3.63) is 18.2 Å². The highest BCUT2D eigenvalue weighted by atomic mass is 16.5. The van der Waals surface area contributed by atoms with Crippen molar-refractivity contribution in [2.75, 3.05) is 38.8 Å². The van der Waals surface area contributed by atoms with E-state index in [2.05, 4.69) is 36.2 Å².